The number of likely N-dealkylation sites (tertiary alicyclic amines) is 1. The molecule has 0 saturated carbocycles. The Kier molecular flexibility index (Phi) is 3.97. The van der Waals surface area contributed by atoms with Crippen LogP contribution in [0.5, 0.6) is 0 Å². The molecular formula is C11H22N2O2. The van der Waals surface area contributed by atoms with Crippen LogP contribution in [0.4, 0.5) is 0 Å². The van der Waals surface area contributed by atoms with Gasteiger partial charge >= 0.3 is 0 Å². The van der Waals surface area contributed by atoms with Crippen molar-refractivity contribution in [1.29, 1.82) is 0 Å². The minimum atomic E-state index is 0.421. The van der Waals surface area contributed by atoms with Crippen molar-refractivity contribution in [3.05, 3.63) is 0 Å². The molecule has 0 spiro atoms. The van der Waals surface area contributed by atoms with Gasteiger partial charge in [-0.2, -0.15) is 0 Å². The van der Waals surface area contributed by atoms with Crippen LogP contribution in [-0.2, 0) is 9.47 Å². The second-order valence-corrected chi connectivity index (χ2v) is 4.47. The second kappa shape index (κ2) is 5.25. The molecule has 0 amide bonds. The van der Waals surface area contributed by atoms with Gasteiger partial charge in [0.05, 0.1) is 12.7 Å². The molecule has 2 aliphatic heterocycles. The molecule has 2 rings (SSSR count). The summed E-state index contributed by atoms with van der Waals surface area (Å²) in [6.07, 6.45) is 2.70. The molecule has 1 N–H and O–H groups in total. The van der Waals surface area contributed by atoms with Gasteiger partial charge in [-0.1, -0.05) is 0 Å². The van der Waals surface area contributed by atoms with Crippen LogP contribution >= 0.6 is 0 Å². The molecule has 0 aromatic heterocycles. The lowest BCUT2D eigenvalue weighted by atomic mass is 10.0. The summed E-state index contributed by atoms with van der Waals surface area (Å²) in [4.78, 5) is 2.51. The third-order valence-electron chi connectivity index (χ3n) is 3.68. The van der Waals surface area contributed by atoms with Crippen LogP contribution in [0.15, 0.2) is 0 Å². The van der Waals surface area contributed by atoms with Crippen LogP contribution in [0.3, 0.4) is 0 Å². The normalized spacial score (nSPS) is 38.4. The summed E-state index contributed by atoms with van der Waals surface area (Å²) < 4.78 is 11.0. The third-order valence-corrected chi connectivity index (χ3v) is 3.68. The topological polar surface area (TPSA) is 33.7 Å². The molecular weight excluding hydrogens is 192 g/mol. The Morgan fingerprint density at radius 1 is 1.40 bits per heavy atom. The maximum atomic E-state index is 5.57. The van der Waals surface area contributed by atoms with Gasteiger partial charge in [-0.3, -0.25) is 4.90 Å². The second-order valence-electron chi connectivity index (χ2n) is 4.47. The molecule has 15 heavy (non-hydrogen) atoms. The van der Waals surface area contributed by atoms with E-state index in [9.17, 15) is 0 Å². The van der Waals surface area contributed by atoms with E-state index >= 15 is 0 Å². The SMILES string of the molecule is CNC1CCOCC1N1CCC(OC)C1. The van der Waals surface area contributed by atoms with Gasteiger partial charge < -0.3 is 14.8 Å². The van der Waals surface area contributed by atoms with E-state index in [1.54, 1.807) is 7.11 Å². The molecule has 2 saturated heterocycles. The number of methoxy groups -OCH3 is 1. The maximum absolute atomic E-state index is 5.57. The minimum Gasteiger partial charge on any atom is -0.380 e. The van der Waals surface area contributed by atoms with E-state index in [2.05, 4.69) is 10.2 Å². The summed E-state index contributed by atoms with van der Waals surface area (Å²) in [5, 5.41) is 3.40. The van der Waals surface area contributed by atoms with Crippen LogP contribution in [0.1, 0.15) is 12.8 Å². The van der Waals surface area contributed by atoms with Crippen molar-refractivity contribution in [3.63, 3.8) is 0 Å². The number of nitrogens with one attached hydrogen (secondary N) is 1. The van der Waals surface area contributed by atoms with E-state index in [1.807, 2.05) is 7.05 Å². The summed E-state index contributed by atoms with van der Waals surface area (Å²) in [6, 6.07) is 1.11. The van der Waals surface area contributed by atoms with Crippen molar-refractivity contribution in [3.8, 4) is 0 Å². The third kappa shape index (κ3) is 2.50. The predicted octanol–water partition coefficient (Wildman–Crippen LogP) is 0.0840. The molecule has 4 nitrogen and oxygen atoms in total. The zero-order valence-corrected chi connectivity index (χ0v) is 9.74. The fourth-order valence-electron chi connectivity index (χ4n) is 2.67. The van der Waals surface area contributed by atoms with Gasteiger partial charge in [-0.15, -0.1) is 0 Å². The number of ether oxygens (including phenoxy) is 2. The fraction of sp³-hybridized carbons (Fsp3) is 1.00. The molecule has 88 valence electrons. The molecule has 0 aromatic rings. The average molecular weight is 214 g/mol. The molecule has 3 atom stereocenters. The maximum Gasteiger partial charge on any atom is 0.0710 e. The Hall–Kier alpha value is -0.160. The van der Waals surface area contributed by atoms with Crippen LogP contribution in [-0.4, -0.2) is 63.5 Å². The summed E-state index contributed by atoms with van der Waals surface area (Å²) >= 11 is 0. The molecule has 2 aliphatic rings. The first-order chi connectivity index (χ1) is 7.35. The molecule has 0 aliphatic carbocycles. The van der Waals surface area contributed by atoms with Crippen molar-refractivity contribution in [2.24, 2.45) is 0 Å². The Balaban J connectivity index is 1.90. The Morgan fingerprint density at radius 2 is 2.27 bits per heavy atom. The largest absolute Gasteiger partial charge is 0.380 e. The standard InChI is InChI=1S/C11H22N2O2/c1-12-10-4-6-15-8-11(10)13-5-3-9(7-13)14-2/h9-12H,3-8H2,1-2H3. The minimum absolute atomic E-state index is 0.421. The highest BCUT2D eigenvalue weighted by Crippen LogP contribution is 2.20. The molecule has 0 bridgehead atoms. The highest BCUT2D eigenvalue weighted by molar-refractivity contribution is 4.90. The Labute approximate surface area is 91.9 Å². The smallest absolute Gasteiger partial charge is 0.0710 e. The summed E-state index contributed by atoms with van der Waals surface area (Å²) in [6.45, 7) is 3.96. The zero-order chi connectivity index (χ0) is 10.7. The number of hydrogen-bond donors (Lipinski definition) is 1. The van der Waals surface area contributed by atoms with Crippen molar-refractivity contribution >= 4 is 0 Å². The molecule has 2 fully saturated rings. The molecule has 3 unspecified atom stereocenters. The summed E-state index contributed by atoms with van der Waals surface area (Å²) in [5.41, 5.74) is 0. The van der Waals surface area contributed by atoms with Crippen molar-refractivity contribution in [1.82, 2.24) is 10.2 Å². The van der Waals surface area contributed by atoms with Gasteiger partial charge in [0.1, 0.15) is 0 Å². The lowest BCUT2D eigenvalue weighted by Gasteiger charge is -2.37. The van der Waals surface area contributed by atoms with Gasteiger partial charge in [-0.05, 0) is 19.9 Å². The number of rotatable bonds is 3. The van der Waals surface area contributed by atoms with Crippen LogP contribution in [0.25, 0.3) is 0 Å². The Bertz CT molecular complexity index is 201. The zero-order valence-electron chi connectivity index (χ0n) is 9.74. The first kappa shape index (κ1) is 11.3. The van der Waals surface area contributed by atoms with Crippen molar-refractivity contribution in [2.75, 3.05) is 40.5 Å². The van der Waals surface area contributed by atoms with Crippen molar-refractivity contribution in [2.45, 2.75) is 31.0 Å². The van der Waals surface area contributed by atoms with Gasteiger partial charge in [0, 0.05) is 38.9 Å². The first-order valence-electron chi connectivity index (χ1n) is 5.87. The number of nitrogens with zero attached hydrogens (tertiary/aromatic N) is 1. The van der Waals surface area contributed by atoms with Crippen molar-refractivity contribution < 1.29 is 9.47 Å². The van der Waals surface area contributed by atoms with E-state index in [1.165, 1.54) is 0 Å². The number of hydrogen-bond acceptors (Lipinski definition) is 4. The van der Waals surface area contributed by atoms with E-state index in [0.717, 1.165) is 39.1 Å². The number of likely N-dealkylation sites (N-methyl/N-ethyl adjacent to an activating group) is 1. The molecule has 0 aromatic carbocycles. The average Bonchev–Trinajstić information content (AvgIpc) is 2.77. The van der Waals surface area contributed by atoms with Gasteiger partial charge in [0.15, 0.2) is 0 Å². The lowest BCUT2D eigenvalue weighted by molar-refractivity contribution is 0.000769. The summed E-state index contributed by atoms with van der Waals surface area (Å²) in [5.74, 6) is 0. The summed E-state index contributed by atoms with van der Waals surface area (Å²) in [7, 11) is 3.86. The molecule has 0 radical (unpaired) electrons. The van der Waals surface area contributed by atoms with Gasteiger partial charge in [-0.25, -0.2) is 0 Å². The quantitative estimate of drug-likeness (QED) is 0.721. The van der Waals surface area contributed by atoms with E-state index < -0.39 is 0 Å². The van der Waals surface area contributed by atoms with Gasteiger partial charge in [0.25, 0.3) is 0 Å². The Morgan fingerprint density at radius 3 is 2.93 bits per heavy atom. The lowest BCUT2D eigenvalue weighted by Crippen LogP contribution is -2.54. The van der Waals surface area contributed by atoms with Crippen LogP contribution in [0.2, 0.25) is 0 Å². The first-order valence-corrected chi connectivity index (χ1v) is 5.87. The van der Waals surface area contributed by atoms with Gasteiger partial charge in [0.2, 0.25) is 0 Å². The molecule has 4 heteroatoms. The predicted molar refractivity (Wildman–Crippen MR) is 59.1 cm³/mol. The fourth-order valence-corrected chi connectivity index (χ4v) is 2.67. The highest BCUT2D eigenvalue weighted by atomic mass is 16.5. The van der Waals surface area contributed by atoms with Crippen LogP contribution < -0.4 is 5.32 Å². The van der Waals surface area contributed by atoms with E-state index in [4.69, 9.17) is 9.47 Å². The monoisotopic (exact) mass is 214 g/mol. The van der Waals surface area contributed by atoms with E-state index in [-0.39, 0.29) is 0 Å². The molecule has 2 heterocycles. The highest BCUT2D eigenvalue weighted by Gasteiger charge is 2.34. The van der Waals surface area contributed by atoms with E-state index in [0.29, 0.717) is 18.2 Å². The van der Waals surface area contributed by atoms with Crippen LogP contribution in [0, 0.1) is 0 Å².